The van der Waals surface area contributed by atoms with Gasteiger partial charge in [0.15, 0.2) is 0 Å². The summed E-state index contributed by atoms with van der Waals surface area (Å²) in [7, 11) is 1.45. The molecule has 3 aromatic carbocycles. The number of nitrogens with zero attached hydrogens (tertiary/aromatic N) is 2. The Bertz CT molecular complexity index is 2090. The van der Waals surface area contributed by atoms with Crippen LogP contribution in [0.5, 0.6) is 11.5 Å². The van der Waals surface area contributed by atoms with Crippen molar-refractivity contribution in [3.05, 3.63) is 82.4 Å². The number of fused-ring (bicyclic) bond motifs is 5. The number of hydrogen-bond acceptors (Lipinski definition) is 11. The SMILES string of the molecule is CCCCCCCCc1ccc(C(=O)N[C@@H](CCN)C(=O)N(C)[C@@H]2C(=O)N[C@@H](C)C(=O)N[C@H](C(=O)NCC#N)Cc3ccc(OCCN)c(c3)-c3cc2ccc3OCCN)c(C)c1. The Morgan fingerprint density at radius 2 is 1.54 bits per heavy atom. The zero-order valence-electron chi connectivity index (χ0n) is 37.1. The number of aryl methyl sites for hydroxylation is 2. The lowest BCUT2D eigenvalue weighted by Crippen LogP contribution is -2.56. The van der Waals surface area contributed by atoms with Crippen molar-refractivity contribution in [3.8, 4) is 28.7 Å². The predicted octanol–water partition coefficient (Wildman–Crippen LogP) is 3.07. The van der Waals surface area contributed by atoms with Crippen molar-refractivity contribution in [2.24, 2.45) is 17.2 Å². The van der Waals surface area contributed by atoms with Crippen LogP contribution in [0.25, 0.3) is 11.1 Å². The summed E-state index contributed by atoms with van der Waals surface area (Å²) in [5.41, 5.74) is 22.0. The predicted molar refractivity (Wildman–Crippen MR) is 242 cm³/mol. The maximum atomic E-state index is 14.6. The Kier molecular flexibility index (Phi) is 19.8. The number of ether oxygens (including phenoxy) is 2. The molecule has 4 rings (SSSR count). The molecule has 340 valence electrons. The van der Waals surface area contributed by atoms with Gasteiger partial charge in [0.05, 0.1) is 6.07 Å². The molecule has 4 atom stereocenters. The lowest BCUT2D eigenvalue weighted by Gasteiger charge is -2.32. The Morgan fingerprint density at radius 3 is 2.19 bits per heavy atom. The van der Waals surface area contributed by atoms with Crippen LogP contribution in [0.1, 0.15) is 97.4 Å². The van der Waals surface area contributed by atoms with Gasteiger partial charge in [-0.2, -0.15) is 5.26 Å². The third-order valence-corrected chi connectivity index (χ3v) is 11.0. The van der Waals surface area contributed by atoms with Crippen molar-refractivity contribution in [1.29, 1.82) is 5.26 Å². The molecule has 1 heterocycles. The summed E-state index contributed by atoms with van der Waals surface area (Å²) < 4.78 is 12.2. The molecule has 3 aromatic rings. The van der Waals surface area contributed by atoms with Crippen LogP contribution in [0.15, 0.2) is 54.6 Å². The van der Waals surface area contributed by atoms with Gasteiger partial charge in [0.25, 0.3) is 5.91 Å². The number of nitrogens with one attached hydrogen (secondary N) is 4. The highest BCUT2D eigenvalue weighted by Gasteiger charge is 2.36. The molecule has 16 heteroatoms. The third kappa shape index (κ3) is 14.0. The fraction of sp³-hybridized carbons (Fsp3) is 0.489. The minimum atomic E-state index is -1.36. The van der Waals surface area contributed by atoms with Gasteiger partial charge < -0.3 is 52.8 Å². The van der Waals surface area contributed by atoms with E-state index in [-0.39, 0.29) is 52.2 Å². The van der Waals surface area contributed by atoms with Crippen LogP contribution < -0.4 is 47.9 Å². The average Bonchev–Trinajstić information content (AvgIpc) is 3.27. The highest BCUT2D eigenvalue weighted by molar-refractivity contribution is 6.00. The fourth-order valence-corrected chi connectivity index (χ4v) is 7.61. The lowest BCUT2D eigenvalue weighted by atomic mass is 9.93. The molecule has 0 spiro atoms. The smallest absolute Gasteiger partial charge is 0.252 e. The first-order valence-electron chi connectivity index (χ1n) is 21.9. The molecule has 63 heavy (non-hydrogen) atoms. The monoisotopic (exact) mass is 868 g/mol. The third-order valence-electron chi connectivity index (χ3n) is 11.0. The Balaban J connectivity index is 1.76. The van der Waals surface area contributed by atoms with E-state index in [0.717, 1.165) is 30.4 Å². The Hall–Kier alpha value is -6.02. The van der Waals surface area contributed by atoms with Crippen LogP contribution in [-0.2, 0) is 32.0 Å². The lowest BCUT2D eigenvalue weighted by molar-refractivity contribution is -0.141. The summed E-state index contributed by atoms with van der Waals surface area (Å²) >= 11 is 0. The molecular formula is C47H65N9O7. The molecule has 0 saturated heterocycles. The number of amides is 5. The van der Waals surface area contributed by atoms with E-state index < -0.39 is 53.7 Å². The second-order valence-corrected chi connectivity index (χ2v) is 15.9. The molecule has 0 saturated carbocycles. The van der Waals surface area contributed by atoms with Gasteiger partial charge in [0.2, 0.25) is 23.6 Å². The van der Waals surface area contributed by atoms with Crippen LogP contribution in [0, 0.1) is 18.3 Å². The average molecular weight is 868 g/mol. The molecule has 0 aliphatic carbocycles. The van der Waals surface area contributed by atoms with Gasteiger partial charge in [0.1, 0.15) is 55.4 Å². The number of carbonyl (C=O) groups excluding carboxylic acids is 5. The molecule has 10 N–H and O–H groups in total. The van der Waals surface area contributed by atoms with E-state index >= 15 is 0 Å². The number of unbranched alkanes of at least 4 members (excludes halogenated alkanes) is 5. The summed E-state index contributed by atoms with van der Waals surface area (Å²) in [6.45, 7) is 6.01. The van der Waals surface area contributed by atoms with E-state index in [4.69, 9.17) is 31.9 Å². The highest BCUT2D eigenvalue weighted by Crippen LogP contribution is 2.40. The van der Waals surface area contributed by atoms with Crippen molar-refractivity contribution >= 4 is 29.5 Å². The van der Waals surface area contributed by atoms with Crippen molar-refractivity contribution in [2.45, 2.75) is 103 Å². The standard InChI is InChI=1S/C47H65N9O7/c1-5-6-7-8-9-10-11-32-12-15-35(30(2)26-32)44(58)54-38(18-19-48)47(61)56(4)42-34-14-17-41(63-25-22-51)37(29-34)36-27-33(13-16-40(36)62-24-21-50)28-39(45(59)52-23-20-49)55-43(57)31(3)53-46(42)60/h12-17,26-27,29,31,38-39,42H,5-11,18-19,21-25,28,48,50-51H2,1-4H3,(H,52,59)(H,53,60)(H,54,58)(H,55,57)/t31-,38-,39-,42-/m0/s1. The second kappa shape index (κ2) is 25.2. The number of likely N-dealkylation sites (N-methyl/N-ethyl adjacent to an activating group) is 1. The van der Waals surface area contributed by atoms with Crippen LogP contribution in [0.3, 0.4) is 0 Å². The molecule has 0 radical (unpaired) electrons. The van der Waals surface area contributed by atoms with Crippen LogP contribution >= 0.6 is 0 Å². The van der Waals surface area contributed by atoms with Gasteiger partial charge in [-0.05, 0) is 92.2 Å². The second-order valence-electron chi connectivity index (χ2n) is 15.9. The van der Waals surface area contributed by atoms with Gasteiger partial charge in [0, 0.05) is 43.2 Å². The Labute approximate surface area is 371 Å². The number of benzene rings is 3. The first-order chi connectivity index (χ1) is 30.4. The van der Waals surface area contributed by atoms with Gasteiger partial charge in [-0.1, -0.05) is 63.3 Å². The molecular weight excluding hydrogens is 803 g/mol. The molecule has 4 bridgehead atoms. The van der Waals surface area contributed by atoms with Crippen molar-refractivity contribution in [2.75, 3.05) is 46.4 Å². The molecule has 0 unspecified atom stereocenters. The van der Waals surface area contributed by atoms with Gasteiger partial charge in [-0.15, -0.1) is 0 Å². The summed E-state index contributed by atoms with van der Waals surface area (Å²) in [4.78, 5) is 71.2. The molecule has 5 amide bonds. The minimum absolute atomic E-state index is 0.0174. The van der Waals surface area contributed by atoms with E-state index in [1.807, 2.05) is 25.1 Å². The van der Waals surface area contributed by atoms with E-state index in [9.17, 15) is 24.0 Å². The number of nitrogens with two attached hydrogens (primary N) is 3. The zero-order chi connectivity index (χ0) is 45.9. The van der Waals surface area contributed by atoms with E-state index in [0.29, 0.717) is 39.3 Å². The van der Waals surface area contributed by atoms with E-state index in [1.165, 1.54) is 44.6 Å². The molecule has 0 aromatic heterocycles. The number of hydrogen-bond donors (Lipinski definition) is 7. The number of nitriles is 1. The number of carbonyl (C=O) groups is 5. The van der Waals surface area contributed by atoms with Gasteiger partial charge in [-0.25, -0.2) is 0 Å². The van der Waals surface area contributed by atoms with Crippen LogP contribution in [-0.4, -0.2) is 99.0 Å². The fourth-order valence-electron chi connectivity index (χ4n) is 7.61. The van der Waals surface area contributed by atoms with Crippen molar-refractivity contribution in [1.82, 2.24) is 26.2 Å². The maximum absolute atomic E-state index is 14.6. The topological polar surface area (TPSA) is 257 Å². The van der Waals surface area contributed by atoms with Crippen molar-refractivity contribution < 1.29 is 33.4 Å². The number of rotatable bonds is 21. The van der Waals surface area contributed by atoms with E-state index in [1.54, 1.807) is 42.5 Å². The summed E-state index contributed by atoms with van der Waals surface area (Å²) in [5.74, 6) is -2.26. The zero-order valence-corrected chi connectivity index (χ0v) is 37.1. The summed E-state index contributed by atoms with van der Waals surface area (Å²) in [6, 6.07) is 13.0. The van der Waals surface area contributed by atoms with Gasteiger partial charge in [-0.3, -0.25) is 24.0 Å². The first-order valence-corrected chi connectivity index (χ1v) is 21.9. The minimum Gasteiger partial charge on any atom is -0.492 e. The van der Waals surface area contributed by atoms with Gasteiger partial charge >= 0.3 is 0 Å². The quantitative estimate of drug-likeness (QED) is 0.0605. The first kappa shape index (κ1) is 49.6. The van der Waals surface area contributed by atoms with Crippen LogP contribution in [0.4, 0.5) is 0 Å². The normalized spacial score (nSPS) is 16.6. The maximum Gasteiger partial charge on any atom is 0.252 e. The molecule has 0 fully saturated rings. The van der Waals surface area contributed by atoms with E-state index in [2.05, 4.69) is 28.2 Å². The largest absolute Gasteiger partial charge is 0.492 e. The van der Waals surface area contributed by atoms with Crippen LogP contribution in [0.2, 0.25) is 0 Å². The highest BCUT2D eigenvalue weighted by atomic mass is 16.5. The summed E-state index contributed by atoms with van der Waals surface area (Å²) in [5, 5.41) is 20.0. The molecule has 16 nitrogen and oxygen atoms in total. The molecule has 1 aliphatic heterocycles. The molecule has 1 aliphatic rings. The van der Waals surface area contributed by atoms with Crippen molar-refractivity contribution in [3.63, 3.8) is 0 Å². The Morgan fingerprint density at radius 1 is 0.873 bits per heavy atom. The summed E-state index contributed by atoms with van der Waals surface area (Å²) in [6.07, 6.45) is 8.09.